The molecule has 4 atom stereocenters. The standard InChI is InChI=1S/C20H28O3/c1-5-22-17(14-9-7-6-8-10-14)18(21)23-16-13-15-11-12-20(16,4)19(15,2)3/h6-10,15-17H,5,11-13H2,1-4H3/t15-,16+,17?,20+/m0/s1. The van der Waals surface area contributed by atoms with E-state index in [0.29, 0.717) is 12.5 Å². The summed E-state index contributed by atoms with van der Waals surface area (Å²) in [6, 6.07) is 9.65. The van der Waals surface area contributed by atoms with Gasteiger partial charge in [0.05, 0.1) is 0 Å². The Morgan fingerprint density at radius 2 is 1.96 bits per heavy atom. The highest BCUT2D eigenvalue weighted by Crippen LogP contribution is 2.66. The van der Waals surface area contributed by atoms with E-state index in [2.05, 4.69) is 20.8 Å². The van der Waals surface area contributed by atoms with E-state index in [9.17, 15) is 4.79 Å². The molecule has 0 aromatic heterocycles. The third-order valence-electron chi connectivity index (χ3n) is 6.62. The van der Waals surface area contributed by atoms with Crippen molar-refractivity contribution in [3.63, 3.8) is 0 Å². The smallest absolute Gasteiger partial charge is 0.340 e. The van der Waals surface area contributed by atoms with Gasteiger partial charge in [-0.1, -0.05) is 51.1 Å². The topological polar surface area (TPSA) is 35.5 Å². The number of benzene rings is 1. The predicted molar refractivity (Wildman–Crippen MR) is 89.9 cm³/mol. The minimum absolute atomic E-state index is 0.00965. The maximum atomic E-state index is 12.8. The third-order valence-corrected chi connectivity index (χ3v) is 6.62. The number of fused-ring (bicyclic) bond motifs is 2. The minimum atomic E-state index is -0.618. The van der Waals surface area contributed by atoms with E-state index in [1.165, 1.54) is 6.42 Å². The van der Waals surface area contributed by atoms with Crippen LogP contribution < -0.4 is 0 Å². The maximum Gasteiger partial charge on any atom is 0.340 e. The normalized spacial score (nSPS) is 32.7. The van der Waals surface area contributed by atoms with Crippen LogP contribution in [0.3, 0.4) is 0 Å². The van der Waals surface area contributed by atoms with Crippen LogP contribution in [0.15, 0.2) is 30.3 Å². The van der Waals surface area contributed by atoms with E-state index < -0.39 is 6.10 Å². The molecule has 2 saturated carbocycles. The fourth-order valence-electron chi connectivity index (χ4n) is 4.61. The first-order valence-corrected chi connectivity index (χ1v) is 8.77. The lowest BCUT2D eigenvalue weighted by molar-refractivity contribution is -0.170. The van der Waals surface area contributed by atoms with Crippen LogP contribution in [-0.4, -0.2) is 18.7 Å². The number of hydrogen-bond acceptors (Lipinski definition) is 3. The van der Waals surface area contributed by atoms with Crippen LogP contribution >= 0.6 is 0 Å². The summed E-state index contributed by atoms with van der Waals surface area (Å²) in [5, 5.41) is 0. The highest BCUT2D eigenvalue weighted by atomic mass is 16.6. The van der Waals surface area contributed by atoms with Gasteiger partial charge in [-0.2, -0.15) is 0 Å². The zero-order valence-corrected chi connectivity index (χ0v) is 14.7. The Balaban J connectivity index is 1.76. The molecular formula is C20H28O3. The molecule has 1 unspecified atom stereocenters. The van der Waals surface area contributed by atoms with Crippen molar-refractivity contribution in [3.8, 4) is 0 Å². The molecule has 23 heavy (non-hydrogen) atoms. The van der Waals surface area contributed by atoms with Crippen LogP contribution in [0, 0.1) is 16.7 Å². The van der Waals surface area contributed by atoms with Gasteiger partial charge in [0, 0.05) is 12.0 Å². The van der Waals surface area contributed by atoms with Crippen LogP contribution in [0.2, 0.25) is 0 Å². The van der Waals surface area contributed by atoms with Crippen LogP contribution in [0.25, 0.3) is 0 Å². The second-order valence-corrected chi connectivity index (χ2v) is 7.78. The molecule has 0 amide bonds. The summed E-state index contributed by atoms with van der Waals surface area (Å²) in [4.78, 5) is 12.8. The van der Waals surface area contributed by atoms with Gasteiger partial charge in [-0.05, 0) is 43.1 Å². The van der Waals surface area contributed by atoms with Crippen molar-refractivity contribution in [2.75, 3.05) is 6.61 Å². The molecule has 0 saturated heterocycles. The van der Waals surface area contributed by atoms with E-state index in [-0.39, 0.29) is 22.9 Å². The summed E-state index contributed by atoms with van der Waals surface area (Å²) in [5.41, 5.74) is 1.19. The number of carbonyl (C=O) groups excluding carboxylic acids is 1. The molecule has 126 valence electrons. The number of hydrogen-bond donors (Lipinski definition) is 0. The van der Waals surface area contributed by atoms with Gasteiger partial charge in [-0.15, -0.1) is 0 Å². The molecule has 0 N–H and O–H groups in total. The molecule has 0 spiro atoms. The Morgan fingerprint density at radius 1 is 1.26 bits per heavy atom. The van der Waals surface area contributed by atoms with Gasteiger partial charge in [-0.3, -0.25) is 0 Å². The minimum Gasteiger partial charge on any atom is -0.460 e. The summed E-state index contributed by atoms with van der Waals surface area (Å²) < 4.78 is 11.7. The van der Waals surface area contributed by atoms with Gasteiger partial charge < -0.3 is 9.47 Å². The molecule has 3 nitrogen and oxygen atoms in total. The summed E-state index contributed by atoms with van der Waals surface area (Å²) in [5.74, 6) is 0.417. The fourth-order valence-corrected chi connectivity index (χ4v) is 4.61. The molecule has 2 bridgehead atoms. The zero-order chi connectivity index (χ0) is 16.7. The van der Waals surface area contributed by atoms with Crippen molar-refractivity contribution >= 4 is 5.97 Å². The zero-order valence-electron chi connectivity index (χ0n) is 14.7. The number of esters is 1. The average molecular weight is 316 g/mol. The van der Waals surface area contributed by atoms with Crippen LogP contribution in [0.5, 0.6) is 0 Å². The lowest BCUT2D eigenvalue weighted by atomic mass is 9.70. The SMILES string of the molecule is CCOC(C(=O)O[C@@H]1C[C@@H]2CC[C@@]1(C)C2(C)C)c1ccccc1. The third kappa shape index (κ3) is 2.59. The average Bonchev–Trinajstić information content (AvgIpc) is 2.86. The Labute approximate surface area is 139 Å². The first-order valence-electron chi connectivity index (χ1n) is 8.77. The molecular weight excluding hydrogens is 288 g/mol. The molecule has 3 rings (SSSR count). The Hall–Kier alpha value is -1.35. The molecule has 0 aliphatic heterocycles. The van der Waals surface area contributed by atoms with Gasteiger partial charge in [0.2, 0.25) is 0 Å². The Bertz CT molecular complexity index is 566. The van der Waals surface area contributed by atoms with E-state index in [0.717, 1.165) is 18.4 Å². The van der Waals surface area contributed by atoms with Gasteiger partial charge in [0.15, 0.2) is 6.10 Å². The molecule has 1 aromatic carbocycles. The quantitative estimate of drug-likeness (QED) is 0.749. The summed E-state index contributed by atoms with van der Waals surface area (Å²) in [7, 11) is 0. The van der Waals surface area contributed by atoms with E-state index in [1.54, 1.807) is 0 Å². The number of carbonyl (C=O) groups is 1. The van der Waals surface area contributed by atoms with E-state index >= 15 is 0 Å². The van der Waals surface area contributed by atoms with Crippen LogP contribution in [0.1, 0.15) is 58.6 Å². The highest BCUT2D eigenvalue weighted by Gasteiger charge is 2.63. The largest absolute Gasteiger partial charge is 0.460 e. The molecule has 2 aliphatic rings. The van der Waals surface area contributed by atoms with Crippen molar-refractivity contribution < 1.29 is 14.3 Å². The second-order valence-electron chi connectivity index (χ2n) is 7.78. The second kappa shape index (κ2) is 5.94. The first kappa shape index (κ1) is 16.5. The monoisotopic (exact) mass is 316 g/mol. The number of rotatable bonds is 5. The van der Waals surface area contributed by atoms with Crippen LogP contribution in [-0.2, 0) is 14.3 Å². The van der Waals surface area contributed by atoms with Crippen LogP contribution in [0.4, 0.5) is 0 Å². The van der Waals surface area contributed by atoms with E-state index in [1.807, 2.05) is 37.3 Å². The van der Waals surface area contributed by atoms with Gasteiger partial charge in [-0.25, -0.2) is 4.79 Å². The summed E-state index contributed by atoms with van der Waals surface area (Å²) in [6.45, 7) is 9.34. The maximum absolute atomic E-state index is 12.8. The molecule has 0 radical (unpaired) electrons. The lowest BCUT2D eigenvalue weighted by Crippen LogP contribution is -2.39. The fraction of sp³-hybridized carbons (Fsp3) is 0.650. The van der Waals surface area contributed by atoms with Gasteiger partial charge in [0.1, 0.15) is 6.10 Å². The molecule has 0 heterocycles. The van der Waals surface area contributed by atoms with E-state index in [4.69, 9.17) is 9.47 Å². The highest BCUT2D eigenvalue weighted by molar-refractivity contribution is 5.76. The van der Waals surface area contributed by atoms with Crippen molar-refractivity contribution in [2.45, 2.75) is 59.2 Å². The Kier molecular flexibility index (Phi) is 4.26. The van der Waals surface area contributed by atoms with Crippen molar-refractivity contribution in [3.05, 3.63) is 35.9 Å². The predicted octanol–water partition coefficient (Wildman–Crippen LogP) is 4.52. The molecule has 2 fully saturated rings. The van der Waals surface area contributed by atoms with Crippen molar-refractivity contribution in [1.82, 2.24) is 0 Å². The molecule has 2 aliphatic carbocycles. The summed E-state index contributed by atoms with van der Waals surface area (Å²) >= 11 is 0. The van der Waals surface area contributed by atoms with Crippen molar-refractivity contribution in [2.24, 2.45) is 16.7 Å². The first-order chi connectivity index (χ1) is 10.9. The number of ether oxygens (including phenoxy) is 2. The summed E-state index contributed by atoms with van der Waals surface area (Å²) in [6.07, 6.45) is 2.78. The Morgan fingerprint density at radius 3 is 2.48 bits per heavy atom. The van der Waals surface area contributed by atoms with Gasteiger partial charge in [0.25, 0.3) is 0 Å². The lowest BCUT2D eigenvalue weighted by Gasteiger charge is -2.38. The molecule has 3 heteroatoms. The molecule has 1 aromatic rings. The van der Waals surface area contributed by atoms with Crippen molar-refractivity contribution in [1.29, 1.82) is 0 Å². The van der Waals surface area contributed by atoms with Gasteiger partial charge >= 0.3 is 5.97 Å².